The Morgan fingerprint density at radius 3 is 2.22 bits per heavy atom. The summed E-state index contributed by atoms with van der Waals surface area (Å²) < 4.78 is 17.1. The van der Waals surface area contributed by atoms with Crippen LogP contribution in [0.1, 0.15) is 35.3 Å². The first kappa shape index (κ1) is 23.7. The van der Waals surface area contributed by atoms with E-state index in [-0.39, 0.29) is 5.78 Å². The second-order valence-electron chi connectivity index (χ2n) is 6.83. The fraction of sp³-hybridized carbons (Fsp3) is 0.192. The van der Waals surface area contributed by atoms with E-state index >= 15 is 0 Å². The highest BCUT2D eigenvalue weighted by Crippen LogP contribution is 2.29. The van der Waals surface area contributed by atoms with Crippen molar-refractivity contribution in [1.29, 1.82) is 0 Å². The van der Waals surface area contributed by atoms with Crippen LogP contribution in [0.4, 0.5) is 0 Å². The highest BCUT2D eigenvalue weighted by molar-refractivity contribution is 6.42. The van der Waals surface area contributed by atoms with Gasteiger partial charge in [-0.1, -0.05) is 47.5 Å². The molecule has 3 aromatic carbocycles. The minimum absolute atomic E-state index is 0.149. The van der Waals surface area contributed by atoms with Gasteiger partial charge in [0, 0.05) is 5.56 Å². The Morgan fingerprint density at radius 1 is 0.812 bits per heavy atom. The van der Waals surface area contributed by atoms with Crippen LogP contribution in [-0.2, 0) is 6.61 Å². The first-order valence-electron chi connectivity index (χ1n) is 10.3. The summed E-state index contributed by atoms with van der Waals surface area (Å²) in [7, 11) is 0. The maximum Gasteiger partial charge on any atom is 0.185 e. The second kappa shape index (κ2) is 11.6. The van der Waals surface area contributed by atoms with E-state index in [0.717, 1.165) is 22.6 Å². The molecule has 0 aliphatic rings. The first-order chi connectivity index (χ1) is 15.5. The van der Waals surface area contributed by atoms with Crippen LogP contribution in [0.2, 0.25) is 10.0 Å². The number of hydrogen-bond acceptors (Lipinski definition) is 4. The molecule has 0 radical (unpaired) electrons. The van der Waals surface area contributed by atoms with E-state index in [2.05, 4.69) is 0 Å². The van der Waals surface area contributed by atoms with Crippen molar-refractivity contribution in [3.05, 3.63) is 93.5 Å². The van der Waals surface area contributed by atoms with Gasteiger partial charge in [0.15, 0.2) is 17.3 Å². The minimum atomic E-state index is -0.149. The van der Waals surface area contributed by atoms with Crippen molar-refractivity contribution in [3.8, 4) is 17.2 Å². The van der Waals surface area contributed by atoms with Gasteiger partial charge in [0.2, 0.25) is 0 Å². The normalized spacial score (nSPS) is 10.9. The molecule has 0 atom stereocenters. The summed E-state index contributed by atoms with van der Waals surface area (Å²) in [5.74, 6) is 2.02. The van der Waals surface area contributed by atoms with Crippen LogP contribution < -0.4 is 14.2 Å². The van der Waals surface area contributed by atoms with Crippen molar-refractivity contribution in [1.82, 2.24) is 0 Å². The van der Waals surface area contributed by atoms with E-state index < -0.39 is 0 Å². The van der Waals surface area contributed by atoms with Crippen LogP contribution in [0.15, 0.2) is 66.7 Å². The number of carbonyl (C=O) groups excluding carboxylic acids is 1. The quantitative estimate of drug-likeness (QED) is 0.231. The van der Waals surface area contributed by atoms with E-state index in [9.17, 15) is 4.79 Å². The van der Waals surface area contributed by atoms with Gasteiger partial charge in [0.1, 0.15) is 12.4 Å². The van der Waals surface area contributed by atoms with E-state index in [4.69, 9.17) is 37.4 Å². The van der Waals surface area contributed by atoms with Crippen molar-refractivity contribution in [3.63, 3.8) is 0 Å². The zero-order chi connectivity index (χ0) is 22.9. The molecule has 0 aromatic heterocycles. The predicted octanol–water partition coefficient (Wildman–Crippen LogP) is 7.27. The molecule has 0 N–H and O–H groups in total. The number of rotatable bonds is 10. The van der Waals surface area contributed by atoms with E-state index in [0.29, 0.717) is 41.2 Å². The third-order valence-electron chi connectivity index (χ3n) is 4.52. The topological polar surface area (TPSA) is 44.8 Å². The summed E-state index contributed by atoms with van der Waals surface area (Å²) in [6.45, 7) is 5.42. The Balaban J connectivity index is 1.60. The number of allylic oxidation sites excluding steroid dienone is 1. The summed E-state index contributed by atoms with van der Waals surface area (Å²) in [6, 6.07) is 18.1. The molecule has 32 heavy (non-hydrogen) atoms. The number of ketones is 1. The fourth-order valence-corrected chi connectivity index (χ4v) is 3.24. The average molecular weight is 471 g/mol. The van der Waals surface area contributed by atoms with Gasteiger partial charge in [-0.05, 0) is 73.5 Å². The maximum absolute atomic E-state index is 12.3. The molecule has 6 heteroatoms. The molecule has 0 aliphatic carbocycles. The Labute approximate surface area is 198 Å². The van der Waals surface area contributed by atoms with Crippen molar-refractivity contribution >= 4 is 35.1 Å². The number of ether oxygens (including phenoxy) is 3. The monoisotopic (exact) mass is 470 g/mol. The molecule has 0 unspecified atom stereocenters. The van der Waals surface area contributed by atoms with Crippen molar-refractivity contribution in [2.75, 3.05) is 13.2 Å². The molecule has 3 aromatic rings. The van der Waals surface area contributed by atoms with Crippen molar-refractivity contribution < 1.29 is 19.0 Å². The van der Waals surface area contributed by atoms with Crippen molar-refractivity contribution in [2.45, 2.75) is 20.5 Å². The predicted molar refractivity (Wildman–Crippen MR) is 129 cm³/mol. The van der Waals surface area contributed by atoms with Gasteiger partial charge in [0.25, 0.3) is 0 Å². The number of benzene rings is 3. The SMILES string of the molecule is CCOc1ccc(COc2ccc(/C=C/C(=O)c3ccc(Cl)c(Cl)c3)cc2)cc1OCC. The summed E-state index contributed by atoms with van der Waals surface area (Å²) in [5.41, 5.74) is 2.34. The van der Waals surface area contributed by atoms with Crippen LogP contribution in [-0.4, -0.2) is 19.0 Å². The summed E-state index contributed by atoms with van der Waals surface area (Å²) in [6.07, 6.45) is 3.25. The molecule has 0 amide bonds. The van der Waals surface area contributed by atoms with E-state index in [1.54, 1.807) is 24.3 Å². The lowest BCUT2D eigenvalue weighted by Gasteiger charge is -2.13. The molecule has 0 saturated carbocycles. The highest BCUT2D eigenvalue weighted by Gasteiger charge is 2.07. The van der Waals surface area contributed by atoms with Gasteiger partial charge in [-0.3, -0.25) is 4.79 Å². The molecule has 0 fully saturated rings. The zero-order valence-electron chi connectivity index (χ0n) is 17.9. The first-order valence-corrected chi connectivity index (χ1v) is 11.0. The molecular formula is C26H24Cl2O4. The molecule has 3 rings (SSSR count). The lowest BCUT2D eigenvalue weighted by Crippen LogP contribution is -2.01. The number of hydrogen-bond donors (Lipinski definition) is 0. The van der Waals surface area contributed by atoms with Gasteiger partial charge in [-0.25, -0.2) is 0 Å². The highest BCUT2D eigenvalue weighted by atomic mass is 35.5. The number of carbonyl (C=O) groups is 1. The van der Waals surface area contributed by atoms with Crippen LogP contribution >= 0.6 is 23.2 Å². The Morgan fingerprint density at radius 2 is 1.53 bits per heavy atom. The summed E-state index contributed by atoms with van der Waals surface area (Å²) in [4.78, 5) is 12.3. The molecule has 0 spiro atoms. The standard InChI is InChI=1S/C26H24Cl2O4/c1-3-30-25-14-8-19(15-26(25)31-4-2)17-32-21-10-5-18(6-11-21)7-13-24(29)20-9-12-22(27)23(28)16-20/h5-16H,3-4,17H2,1-2H3/b13-7+. The fourth-order valence-electron chi connectivity index (χ4n) is 2.94. The molecule has 0 bridgehead atoms. The van der Waals surface area contributed by atoms with Crippen LogP contribution in [0, 0.1) is 0 Å². The Kier molecular flexibility index (Phi) is 8.60. The van der Waals surface area contributed by atoms with E-state index in [1.807, 2.05) is 56.3 Å². The van der Waals surface area contributed by atoms with Gasteiger partial charge >= 0.3 is 0 Å². The molecule has 0 heterocycles. The molecule has 0 aliphatic heterocycles. The largest absolute Gasteiger partial charge is 0.490 e. The van der Waals surface area contributed by atoms with Crippen LogP contribution in [0.5, 0.6) is 17.2 Å². The average Bonchev–Trinajstić information content (AvgIpc) is 2.80. The molecular weight excluding hydrogens is 447 g/mol. The Hall–Kier alpha value is -2.95. The van der Waals surface area contributed by atoms with Crippen LogP contribution in [0.25, 0.3) is 6.08 Å². The minimum Gasteiger partial charge on any atom is -0.490 e. The van der Waals surface area contributed by atoms with Crippen molar-refractivity contribution in [2.24, 2.45) is 0 Å². The van der Waals surface area contributed by atoms with Gasteiger partial charge < -0.3 is 14.2 Å². The smallest absolute Gasteiger partial charge is 0.185 e. The summed E-state index contributed by atoms with van der Waals surface area (Å²) >= 11 is 11.9. The van der Waals surface area contributed by atoms with E-state index in [1.165, 1.54) is 6.08 Å². The molecule has 4 nitrogen and oxygen atoms in total. The lowest BCUT2D eigenvalue weighted by molar-refractivity contribution is 0.104. The maximum atomic E-state index is 12.3. The zero-order valence-corrected chi connectivity index (χ0v) is 19.5. The Bertz CT molecular complexity index is 1090. The lowest BCUT2D eigenvalue weighted by atomic mass is 10.1. The van der Waals surface area contributed by atoms with Gasteiger partial charge in [0.05, 0.1) is 23.3 Å². The number of halogens is 2. The molecule has 166 valence electrons. The summed E-state index contributed by atoms with van der Waals surface area (Å²) in [5, 5.41) is 0.774. The van der Waals surface area contributed by atoms with Gasteiger partial charge in [-0.15, -0.1) is 0 Å². The third kappa shape index (κ3) is 6.52. The van der Waals surface area contributed by atoms with Crippen LogP contribution in [0.3, 0.4) is 0 Å². The molecule has 0 saturated heterocycles. The second-order valence-corrected chi connectivity index (χ2v) is 7.65. The van der Waals surface area contributed by atoms with Gasteiger partial charge in [-0.2, -0.15) is 0 Å². The third-order valence-corrected chi connectivity index (χ3v) is 5.26.